The van der Waals surface area contributed by atoms with E-state index in [1.165, 1.54) is 26.1 Å². The van der Waals surface area contributed by atoms with Crippen LogP contribution in [-0.2, 0) is 0 Å². The highest BCUT2D eigenvalue weighted by molar-refractivity contribution is 6.30. The highest BCUT2D eigenvalue weighted by atomic mass is 35.5. The van der Waals surface area contributed by atoms with Gasteiger partial charge >= 0.3 is 0 Å². The van der Waals surface area contributed by atoms with Gasteiger partial charge in [-0.05, 0) is 44.9 Å². The van der Waals surface area contributed by atoms with Crippen LogP contribution in [0.5, 0.6) is 0 Å². The van der Waals surface area contributed by atoms with Crippen molar-refractivity contribution in [3.63, 3.8) is 0 Å². The lowest BCUT2D eigenvalue weighted by molar-refractivity contribution is 0.206. The fourth-order valence-corrected chi connectivity index (χ4v) is 3.67. The maximum atomic E-state index is 5.91. The molecule has 0 spiro atoms. The molecule has 2 aliphatic rings. The van der Waals surface area contributed by atoms with E-state index >= 15 is 0 Å². The second-order valence-corrected chi connectivity index (χ2v) is 7.30. The predicted octanol–water partition coefficient (Wildman–Crippen LogP) is 2.59. The summed E-state index contributed by atoms with van der Waals surface area (Å²) in [6, 6.07) is 4.64. The number of piperazine rings is 1. The van der Waals surface area contributed by atoms with Crippen LogP contribution >= 0.6 is 11.6 Å². The van der Waals surface area contributed by atoms with E-state index in [4.69, 9.17) is 11.6 Å². The number of pyridine rings is 1. The molecule has 1 aromatic heterocycles. The van der Waals surface area contributed by atoms with E-state index in [0.717, 1.165) is 37.9 Å². The number of anilines is 1. The summed E-state index contributed by atoms with van der Waals surface area (Å²) in [6.45, 7) is 12.8. The first-order valence-electron chi connectivity index (χ1n) is 8.44. The Labute approximate surface area is 139 Å². The summed E-state index contributed by atoms with van der Waals surface area (Å²) in [5.74, 6) is 1.90. The molecule has 22 heavy (non-hydrogen) atoms. The van der Waals surface area contributed by atoms with Crippen LogP contribution in [0.25, 0.3) is 0 Å². The van der Waals surface area contributed by atoms with Crippen LogP contribution in [0.3, 0.4) is 0 Å². The average molecular weight is 323 g/mol. The molecule has 4 nitrogen and oxygen atoms in total. The molecular weight excluding hydrogens is 296 g/mol. The third kappa shape index (κ3) is 3.92. The van der Waals surface area contributed by atoms with E-state index in [1.807, 2.05) is 12.1 Å². The third-order valence-corrected chi connectivity index (χ3v) is 5.20. The number of rotatable bonds is 4. The minimum atomic E-state index is 0.692. The van der Waals surface area contributed by atoms with Gasteiger partial charge in [0.05, 0.1) is 5.02 Å². The molecule has 0 N–H and O–H groups in total. The lowest BCUT2D eigenvalue weighted by Crippen LogP contribution is -2.48. The van der Waals surface area contributed by atoms with Gasteiger partial charge < -0.3 is 9.80 Å². The minimum Gasteiger partial charge on any atom is -0.354 e. The maximum absolute atomic E-state index is 5.91. The lowest BCUT2D eigenvalue weighted by atomic mass is 10.1. The molecule has 0 saturated carbocycles. The fraction of sp³-hybridized carbons (Fsp3) is 0.706. The molecule has 0 aliphatic carbocycles. The summed E-state index contributed by atoms with van der Waals surface area (Å²) in [5.41, 5.74) is 0. The van der Waals surface area contributed by atoms with Gasteiger partial charge in [-0.1, -0.05) is 11.6 Å². The normalized spacial score (nSPS) is 24.4. The van der Waals surface area contributed by atoms with Gasteiger partial charge in [0.2, 0.25) is 0 Å². The molecule has 3 rings (SSSR count). The maximum Gasteiger partial charge on any atom is 0.128 e. The standard InChI is InChI=1S/C17H27ClN4/c1-14(2)22-6-5-15(13-22)12-20-7-9-21(10-8-20)17-4-3-16(18)11-19-17/h3-4,11,14-15H,5-10,12-13H2,1-2H3. The summed E-state index contributed by atoms with van der Waals surface area (Å²) in [5, 5.41) is 0.707. The van der Waals surface area contributed by atoms with E-state index in [0.29, 0.717) is 11.1 Å². The molecule has 0 radical (unpaired) electrons. The number of likely N-dealkylation sites (tertiary alicyclic amines) is 1. The quantitative estimate of drug-likeness (QED) is 0.849. The van der Waals surface area contributed by atoms with E-state index in [9.17, 15) is 0 Å². The summed E-state index contributed by atoms with van der Waals surface area (Å²) < 4.78 is 0. The predicted molar refractivity (Wildman–Crippen MR) is 92.7 cm³/mol. The zero-order chi connectivity index (χ0) is 15.5. The van der Waals surface area contributed by atoms with E-state index < -0.39 is 0 Å². The third-order valence-electron chi connectivity index (χ3n) is 4.97. The van der Waals surface area contributed by atoms with Crippen molar-refractivity contribution in [2.24, 2.45) is 5.92 Å². The molecule has 2 saturated heterocycles. The first kappa shape index (κ1) is 16.0. The Morgan fingerprint density at radius 3 is 2.55 bits per heavy atom. The fourth-order valence-electron chi connectivity index (χ4n) is 3.56. The molecular formula is C17H27ClN4. The van der Waals surface area contributed by atoms with Gasteiger partial charge in [0.15, 0.2) is 0 Å². The van der Waals surface area contributed by atoms with Crippen LogP contribution in [-0.4, -0.2) is 66.6 Å². The summed E-state index contributed by atoms with van der Waals surface area (Å²) in [6.07, 6.45) is 3.10. The first-order chi connectivity index (χ1) is 10.6. The van der Waals surface area contributed by atoms with Crippen LogP contribution in [0.1, 0.15) is 20.3 Å². The molecule has 5 heteroatoms. The van der Waals surface area contributed by atoms with E-state index in [1.54, 1.807) is 6.20 Å². The molecule has 1 atom stereocenters. The zero-order valence-electron chi connectivity index (χ0n) is 13.7. The molecule has 0 amide bonds. The van der Waals surface area contributed by atoms with Gasteiger partial charge in [-0.2, -0.15) is 0 Å². The van der Waals surface area contributed by atoms with Crippen molar-refractivity contribution in [1.29, 1.82) is 0 Å². The van der Waals surface area contributed by atoms with Crippen molar-refractivity contribution in [3.8, 4) is 0 Å². The van der Waals surface area contributed by atoms with Gasteiger partial charge in [-0.3, -0.25) is 4.90 Å². The molecule has 0 bridgehead atoms. The van der Waals surface area contributed by atoms with E-state index in [-0.39, 0.29) is 0 Å². The Balaban J connectivity index is 1.45. The topological polar surface area (TPSA) is 22.6 Å². The van der Waals surface area contributed by atoms with Crippen molar-refractivity contribution < 1.29 is 0 Å². The van der Waals surface area contributed by atoms with Crippen LogP contribution in [0.15, 0.2) is 18.3 Å². The number of aromatic nitrogens is 1. The molecule has 2 fully saturated rings. The molecule has 1 unspecified atom stereocenters. The van der Waals surface area contributed by atoms with Gasteiger partial charge in [-0.25, -0.2) is 4.98 Å². The van der Waals surface area contributed by atoms with Crippen LogP contribution in [0, 0.1) is 5.92 Å². The van der Waals surface area contributed by atoms with Crippen molar-refractivity contribution in [3.05, 3.63) is 23.4 Å². The Morgan fingerprint density at radius 1 is 1.18 bits per heavy atom. The molecule has 2 aliphatic heterocycles. The van der Waals surface area contributed by atoms with Crippen LogP contribution in [0.4, 0.5) is 5.82 Å². The zero-order valence-corrected chi connectivity index (χ0v) is 14.5. The Hall–Kier alpha value is -0.840. The number of hydrogen-bond acceptors (Lipinski definition) is 4. The average Bonchev–Trinajstić information content (AvgIpc) is 2.98. The molecule has 122 valence electrons. The smallest absolute Gasteiger partial charge is 0.128 e. The van der Waals surface area contributed by atoms with Gasteiger partial charge in [0, 0.05) is 51.5 Å². The minimum absolute atomic E-state index is 0.692. The largest absolute Gasteiger partial charge is 0.354 e. The first-order valence-corrected chi connectivity index (χ1v) is 8.82. The highest BCUT2D eigenvalue weighted by Gasteiger charge is 2.27. The van der Waals surface area contributed by atoms with Gasteiger partial charge in [-0.15, -0.1) is 0 Å². The summed E-state index contributed by atoms with van der Waals surface area (Å²) >= 11 is 5.91. The Bertz CT molecular complexity index is 468. The summed E-state index contributed by atoms with van der Waals surface area (Å²) in [4.78, 5) is 12.0. The van der Waals surface area contributed by atoms with Crippen molar-refractivity contribution in [1.82, 2.24) is 14.8 Å². The van der Waals surface area contributed by atoms with Gasteiger partial charge in [0.1, 0.15) is 5.82 Å². The summed E-state index contributed by atoms with van der Waals surface area (Å²) in [7, 11) is 0. The monoisotopic (exact) mass is 322 g/mol. The Morgan fingerprint density at radius 2 is 1.95 bits per heavy atom. The number of nitrogens with zero attached hydrogens (tertiary/aromatic N) is 4. The Kier molecular flexibility index (Phi) is 5.21. The van der Waals surface area contributed by atoms with Crippen molar-refractivity contribution >= 4 is 17.4 Å². The van der Waals surface area contributed by atoms with Gasteiger partial charge in [0.25, 0.3) is 0 Å². The van der Waals surface area contributed by atoms with Crippen LogP contribution < -0.4 is 4.90 Å². The molecule has 1 aromatic rings. The van der Waals surface area contributed by atoms with Crippen molar-refractivity contribution in [2.75, 3.05) is 50.7 Å². The number of hydrogen-bond donors (Lipinski definition) is 0. The second-order valence-electron chi connectivity index (χ2n) is 6.87. The lowest BCUT2D eigenvalue weighted by Gasteiger charge is -2.36. The van der Waals surface area contributed by atoms with Crippen molar-refractivity contribution in [2.45, 2.75) is 26.3 Å². The second kappa shape index (κ2) is 7.16. The molecule has 3 heterocycles. The number of halogens is 1. The van der Waals surface area contributed by atoms with E-state index in [2.05, 4.69) is 33.5 Å². The SMILES string of the molecule is CC(C)N1CCC(CN2CCN(c3ccc(Cl)cn3)CC2)C1. The highest BCUT2D eigenvalue weighted by Crippen LogP contribution is 2.21. The van der Waals surface area contributed by atoms with Crippen LogP contribution in [0.2, 0.25) is 5.02 Å². The molecule has 0 aromatic carbocycles.